The average molecular weight is 307 g/mol. The fourth-order valence-corrected chi connectivity index (χ4v) is 3.72. The number of sulfonamides is 1. The Bertz CT molecular complexity index is 573. The highest BCUT2D eigenvalue weighted by Crippen LogP contribution is 2.19. The molecule has 0 aromatic heterocycles. The van der Waals surface area contributed by atoms with E-state index in [1.54, 1.807) is 12.1 Å². The van der Waals surface area contributed by atoms with Crippen molar-refractivity contribution in [3.8, 4) is 0 Å². The van der Waals surface area contributed by atoms with Gasteiger partial charge in [0.05, 0.1) is 4.90 Å². The Labute approximate surface area is 128 Å². The standard InChI is InChI=1S/C17H25NO2S/c1-2-6-15-9-11-17(12-10-15)21(19,20)18-14-13-16-7-4-3-5-8-16/h7,9-12,18H,2-6,8,13-14H2,1H3. The van der Waals surface area contributed by atoms with Crippen molar-refractivity contribution >= 4 is 10.0 Å². The summed E-state index contributed by atoms with van der Waals surface area (Å²) in [5, 5.41) is 0. The zero-order valence-corrected chi connectivity index (χ0v) is 13.6. The zero-order valence-electron chi connectivity index (χ0n) is 12.8. The molecule has 0 spiro atoms. The van der Waals surface area contributed by atoms with Crippen LogP contribution in [0.5, 0.6) is 0 Å². The van der Waals surface area contributed by atoms with E-state index < -0.39 is 10.0 Å². The van der Waals surface area contributed by atoms with Crippen LogP contribution in [0.1, 0.15) is 51.0 Å². The second-order valence-corrected chi connectivity index (χ2v) is 7.42. The van der Waals surface area contributed by atoms with Gasteiger partial charge in [-0.15, -0.1) is 0 Å². The summed E-state index contributed by atoms with van der Waals surface area (Å²) in [6.45, 7) is 2.61. The van der Waals surface area contributed by atoms with Crippen molar-refractivity contribution in [3.63, 3.8) is 0 Å². The van der Waals surface area contributed by atoms with E-state index in [0.29, 0.717) is 11.4 Å². The van der Waals surface area contributed by atoms with E-state index in [-0.39, 0.29) is 0 Å². The van der Waals surface area contributed by atoms with Gasteiger partial charge in [-0.2, -0.15) is 0 Å². The molecule has 0 radical (unpaired) electrons. The number of nitrogens with one attached hydrogen (secondary N) is 1. The van der Waals surface area contributed by atoms with Crippen molar-refractivity contribution in [3.05, 3.63) is 41.5 Å². The molecule has 1 aromatic rings. The van der Waals surface area contributed by atoms with E-state index in [0.717, 1.165) is 32.1 Å². The minimum absolute atomic E-state index is 0.361. The van der Waals surface area contributed by atoms with Gasteiger partial charge in [0.15, 0.2) is 0 Å². The molecule has 0 bridgehead atoms. The van der Waals surface area contributed by atoms with Crippen molar-refractivity contribution in [2.24, 2.45) is 0 Å². The van der Waals surface area contributed by atoms with E-state index in [4.69, 9.17) is 0 Å². The fourth-order valence-electron chi connectivity index (χ4n) is 2.68. The third-order valence-electron chi connectivity index (χ3n) is 3.90. The zero-order chi connectivity index (χ0) is 15.1. The van der Waals surface area contributed by atoms with Crippen LogP contribution in [0.3, 0.4) is 0 Å². The molecule has 3 nitrogen and oxygen atoms in total. The van der Waals surface area contributed by atoms with Crippen LogP contribution in [0.4, 0.5) is 0 Å². The highest BCUT2D eigenvalue weighted by atomic mass is 32.2. The van der Waals surface area contributed by atoms with Gasteiger partial charge in [-0.25, -0.2) is 13.1 Å². The molecule has 0 fully saturated rings. The second kappa shape index (κ2) is 7.76. The summed E-state index contributed by atoms with van der Waals surface area (Å²) in [5.74, 6) is 0. The normalized spacial score (nSPS) is 15.8. The predicted molar refractivity (Wildman–Crippen MR) is 86.8 cm³/mol. The van der Waals surface area contributed by atoms with Crippen molar-refractivity contribution < 1.29 is 8.42 Å². The number of hydrogen-bond donors (Lipinski definition) is 1. The van der Waals surface area contributed by atoms with E-state index in [2.05, 4.69) is 17.7 Å². The number of aryl methyl sites for hydroxylation is 1. The molecule has 0 aliphatic heterocycles. The predicted octanol–water partition coefficient (Wildman–Crippen LogP) is 3.81. The van der Waals surface area contributed by atoms with E-state index in [1.165, 1.54) is 24.0 Å². The number of hydrogen-bond acceptors (Lipinski definition) is 2. The average Bonchev–Trinajstić information content (AvgIpc) is 2.49. The van der Waals surface area contributed by atoms with Crippen LogP contribution in [0, 0.1) is 0 Å². The molecule has 1 aliphatic rings. The first-order valence-electron chi connectivity index (χ1n) is 7.88. The maximum absolute atomic E-state index is 12.2. The maximum Gasteiger partial charge on any atom is 0.240 e. The van der Waals surface area contributed by atoms with Crippen LogP contribution in [0.25, 0.3) is 0 Å². The van der Waals surface area contributed by atoms with Gasteiger partial charge in [0.1, 0.15) is 0 Å². The Hall–Kier alpha value is -1.13. The molecule has 21 heavy (non-hydrogen) atoms. The first-order valence-corrected chi connectivity index (χ1v) is 9.36. The lowest BCUT2D eigenvalue weighted by Gasteiger charge is -2.13. The molecule has 1 aliphatic carbocycles. The van der Waals surface area contributed by atoms with Crippen LogP contribution >= 0.6 is 0 Å². The summed E-state index contributed by atoms with van der Waals surface area (Å²) >= 11 is 0. The quantitative estimate of drug-likeness (QED) is 0.779. The first-order chi connectivity index (χ1) is 10.1. The van der Waals surface area contributed by atoms with E-state index in [9.17, 15) is 8.42 Å². The molecule has 0 unspecified atom stereocenters. The van der Waals surface area contributed by atoms with Crippen LogP contribution in [0.2, 0.25) is 0 Å². The fraction of sp³-hybridized carbons (Fsp3) is 0.529. The van der Waals surface area contributed by atoms with Gasteiger partial charge >= 0.3 is 0 Å². The summed E-state index contributed by atoms with van der Waals surface area (Å²) < 4.78 is 27.1. The Balaban J connectivity index is 1.90. The van der Waals surface area contributed by atoms with Crippen LogP contribution in [-0.2, 0) is 16.4 Å². The molecule has 1 N–H and O–H groups in total. The summed E-state index contributed by atoms with van der Waals surface area (Å²) in [6.07, 6.45) is 9.90. The molecule has 116 valence electrons. The summed E-state index contributed by atoms with van der Waals surface area (Å²) in [6, 6.07) is 7.21. The molecule has 4 heteroatoms. The molecular formula is C17H25NO2S. The largest absolute Gasteiger partial charge is 0.240 e. The third-order valence-corrected chi connectivity index (χ3v) is 5.37. The lowest BCUT2D eigenvalue weighted by Crippen LogP contribution is -2.25. The molecule has 0 atom stereocenters. The molecule has 0 saturated heterocycles. The van der Waals surface area contributed by atoms with Gasteiger partial charge in [-0.1, -0.05) is 37.1 Å². The van der Waals surface area contributed by atoms with Gasteiger partial charge in [0.25, 0.3) is 0 Å². The van der Waals surface area contributed by atoms with Crippen LogP contribution in [0.15, 0.2) is 40.8 Å². The highest BCUT2D eigenvalue weighted by molar-refractivity contribution is 7.89. The molecular weight excluding hydrogens is 282 g/mol. The lowest BCUT2D eigenvalue weighted by molar-refractivity contribution is 0.579. The molecule has 1 aromatic carbocycles. The minimum Gasteiger partial charge on any atom is -0.211 e. The van der Waals surface area contributed by atoms with Crippen LogP contribution in [-0.4, -0.2) is 15.0 Å². The molecule has 0 amide bonds. The van der Waals surface area contributed by atoms with Crippen molar-refractivity contribution in [1.82, 2.24) is 4.72 Å². The minimum atomic E-state index is -3.37. The van der Waals surface area contributed by atoms with Gasteiger partial charge in [0.2, 0.25) is 10.0 Å². The van der Waals surface area contributed by atoms with Crippen LogP contribution < -0.4 is 4.72 Å². The monoisotopic (exact) mass is 307 g/mol. The Morgan fingerprint density at radius 1 is 1.10 bits per heavy atom. The second-order valence-electron chi connectivity index (χ2n) is 5.65. The lowest BCUT2D eigenvalue weighted by atomic mass is 9.97. The Morgan fingerprint density at radius 3 is 2.48 bits per heavy atom. The molecule has 2 rings (SSSR count). The molecule has 0 heterocycles. The van der Waals surface area contributed by atoms with E-state index >= 15 is 0 Å². The Kier molecular flexibility index (Phi) is 6.00. The highest BCUT2D eigenvalue weighted by Gasteiger charge is 2.13. The Morgan fingerprint density at radius 2 is 1.86 bits per heavy atom. The molecule has 0 saturated carbocycles. The summed E-state index contributed by atoms with van der Waals surface area (Å²) in [7, 11) is -3.37. The van der Waals surface area contributed by atoms with Gasteiger partial charge < -0.3 is 0 Å². The summed E-state index contributed by atoms with van der Waals surface area (Å²) in [4.78, 5) is 0.361. The van der Waals surface area contributed by atoms with Crippen molar-refractivity contribution in [2.45, 2.75) is 56.8 Å². The smallest absolute Gasteiger partial charge is 0.211 e. The van der Waals surface area contributed by atoms with Gasteiger partial charge in [-0.05, 0) is 56.2 Å². The number of benzene rings is 1. The van der Waals surface area contributed by atoms with Crippen molar-refractivity contribution in [1.29, 1.82) is 0 Å². The first kappa shape index (κ1) is 16.2. The van der Waals surface area contributed by atoms with Gasteiger partial charge in [0, 0.05) is 6.54 Å². The van der Waals surface area contributed by atoms with Gasteiger partial charge in [-0.3, -0.25) is 0 Å². The number of allylic oxidation sites excluding steroid dienone is 1. The van der Waals surface area contributed by atoms with Crippen molar-refractivity contribution in [2.75, 3.05) is 6.54 Å². The van der Waals surface area contributed by atoms with E-state index in [1.807, 2.05) is 12.1 Å². The SMILES string of the molecule is CCCc1ccc(S(=O)(=O)NCCC2=CCCCC2)cc1. The summed E-state index contributed by atoms with van der Waals surface area (Å²) in [5.41, 5.74) is 2.58. The maximum atomic E-state index is 12.2. The third kappa shape index (κ3) is 4.97. The topological polar surface area (TPSA) is 46.2 Å². The number of rotatable bonds is 7.